The molecular weight excluding hydrogens is 406 g/mol. The van der Waals surface area contributed by atoms with Gasteiger partial charge in [0.1, 0.15) is 0 Å². The highest BCUT2D eigenvalue weighted by atomic mass is 32.2. The molecule has 2 atom stereocenters. The Kier molecular flexibility index (Phi) is 5.96. The molecule has 3 aromatic carbocycles. The van der Waals surface area contributed by atoms with Crippen molar-refractivity contribution >= 4 is 21.4 Å². The topological polar surface area (TPSA) is 63.2 Å². The quantitative estimate of drug-likeness (QED) is 0.548. The van der Waals surface area contributed by atoms with Crippen LogP contribution in [0.15, 0.2) is 77.7 Å². The number of amides is 1. The summed E-state index contributed by atoms with van der Waals surface area (Å²) >= 11 is 0. The number of hydrogen-bond donors (Lipinski definition) is 1. The van der Waals surface area contributed by atoms with Crippen molar-refractivity contribution in [1.29, 1.82) is 0 Å². The van der Waals surface area contributed by atoms with Gasteiger partial charge in [0, 0.05) is 7.11 Å². The Balaban J connectivity index is 0.00000289. The molecule has 162 valence electrons. The van der Waals surface area contributed by atoms with Gasteiger partial charge >= 0.3 is 0 Å². The molecule has 0 radical (unpaired) electrons. The Morgan fingerprint density at radius 3 is 2.55 bits per heavy atom. The summed E-state index contributed by atoms with van der Waals surface area (Å²) in [5.74, 6) is -0.413. The first kappa shape index (κ1) is 21.3. The van der Waals surface area contributed by atoms with Gasteiger partial charge in [-0.3, -0.25) is 4.79 Å². The number of aryl methyl sites for hydroxylation is 2. The minimum absolute atomic E-state index is 0. The maximum Gasteiger partial charge on any atom is 0.231 e. The maximum atomic E-state index is 13.4. The van der Waals surface area contributed by atoms with Crippen molar-refractivity contribution in [3.8, 4) is 0 Å². The first-order valence-electron chi connectivity index (χ1n) is 10.7. The minimum Gasteiger partial charge on any atom is -0.326 e. The van der Waals surface area contributed by atoms with Crippen molar-refractivity contribution in [1.82, 2.24) is 0 Å². The van der Waals surface area contributed by atoms with E-state index in [1.807, 2.05) is 68.4 Å². The predicted molar refractivity (Wildman–Crippen MR) is 126 cm³/mol. The zero-order valence-electron chi connectivity index (χ0n) is 17.8. The van der Waals surface area contributed by atoms with E-state index in [-0.39, 0.29) is 13.3 Å². The van der Waals surface area contributed by atoms with Gasteiger partial charge in [0.25, 0.3) is 0 Å². The summed E-state index contributed by atoms with van der Waals surface area (Å²) in [4.78, 5) is 13.1. The number of sulfone groups is 1. The molecule has 0 aliphatic heterocycles. The van der Waals surface area contributed by atoms with Crippen LogP contribution in [0.3, 0.4) is 0 Å². The Bertz CT molecular complexity index is 1210. The fourth-order valence-electron chi connectivity index (χ4n) is 4.26. The SMILES string of the molecule is Cc1cccc(S(=O)(=O)C2CCCc3ccc(NC(=O)[C@@H](C)c4ccccc4)cc32)c1.[HH]. The molecule has 1 aliphatic rings. The van der Waals surface area contributed by atoms with Crippen LogP contribution in [-0.2, 0) is 21.1 Å². The third kappa shape index (κ3) is 4.42. The third-order valence-corrected chi connectivity index (χ3v) is 8.21. The third-order valence-electron chi connectivity index (χ3n) is 6.06. The number of rotatable bonds is 5. The average molecular weight is 436 g/mol. The summed E-state index contributed by atoms with van der Waals surface area (Å²) in [6.07, 6.45) is 2.27. The van der Waals surface area contributed by atoms with Crippen LogP contribution in [0.25, 0.3) is 0 Å². The summed E-state index contributed by atoms with van der Waals surface area (Å²) in [5, 5.41) is 2.38. The van der Waals surface area contributed by atoms with Crippen LogP contribution in [0.2, 0.25) is 0 Å². The van der Waals surface area contributed by atoms with Crippen LogP contribution in [0, 0.1) is 6.92 Å². The van der Waals surface area contributed by atoms with Gasteiger partial charge in [-0.2, -0.15) is 0 Å². The zero-order chi connectivity index (χ0) is 22.0. The molecule has 4 nitrogen and oxygen atoms in total. The highest BCUT2D eigenvalue weighted by Gasteiger charge is 2.33. The molecule has 0 aromatic heterocycles. The fraction of sp³-hybridized carbons (Fsp3) is 0.269. The average Bonchev–Trinajstić information content (AvgIpc) is 2.78. The van der Waals surface area contributed by atoms with Crippen molar-refractivity contribution in [2.45, 2.75) is 49.2 Å². The summed E-state index contributed by atoms with van der Waals surface area (Å²) in [5.41, 5.74) is 4.35. The van der Waals surface area contributed by atoms with Crippen molar-refractivity contribution in [3.05, 3.63) is 95.1 Å². The summed E-state index contributed by atoms with van der Waals surface area (Å²) in [6.45, 7) is 3.77. The number of carbonyl (C=O) groups is 1. The van der Waals surface area contributed by atoms with Crippen molar-refractivity contribution in [3.63, 3.8) is 0 Å². The lowest BCUT2D eigenvalue weighted by molar-refractivity contribution is -0.117. The highest BCUT2D eigenvalue weighted by molar-refractivity contribution is 7.91. The minimum atomic E-state index is -3.52. The summed E-state index contributed by atoms with van der Waals surface area (Å²) in [7, 11) is -3.52. The van der Waals surface area contributed by atoms with Crippen LogP contribution >= 0.6 is 0 Å². The van der Waals surface area contributed by atoms with Gasteiger partial charge < -0.3 is 5.32 Å². The first-order valence-corrected chi connectivity index (χ1v) is 12.2. The maximum absolute atomic E-state index is 13.4. The summed E-state index contributed by atoms with van der Waals surface area (Å²) in [6, 6.07) is 22.4. The molecule has 0 saturated heterocycles. The largest absolute Gasteiger partial charge is 0.326 e. The molecule has 1 aliphatic carbocycles. The van der Waals surface area contributed by atoms with E-state index >= 15 is 0 Å². The molecule has 1 amide bonds. The number of nitrogens with one attached hydrogen (secondary N) is 1. The number of fused-ring (bicyclic) bond motifs is 1. The summed E-state index contributed by atoms with van der Waals surface area (Å²) < 4.78 is 26.9. The van der Waals surface area contributed by atoms with Crippen molar-refractivity contribution < 1.29 is 14.6 Å². The number of benzene rings is 3. The van der Waals surface area contributed by atoms with Crippen LogP contribution in [0.1, 0.15) is 54.6 Å². The van der Waals surface area contributed by atoms with E-state index in [1.54, 1.807) is 18.2 Å². The van der Waals surface area contributed by atoms with E-state index in [2.05, 4.69) is 5.32 Å². The molecule has 3 aromatic rings. The van der Waals surface area contributed by atoms with Gasteiger partial charge in [0.05, 0.1) is 16.1 Å². The molecule has 31 heavy (non-hydrogen) atoms. The first-order chi connectivity index (χ1) is 14.9. The van der Waals surface area contributed by atoms with E-state index in [1.165, 1.54) is 0 Å². The number of hydrogen-bond acceptors (Lipinski definition) is 3. The smallest absolute Gasteiger partial charge is 0.231 e. The van der Waals surface area contributed by atoms with E-state index in [0.29, 0.717) is 17.0 Å². The Labute approximate surface area is 185 Å². The second kappa shape index (κ2) is 8.67. The Hall–Kier alpha value is -2.92. The Morgan fingerprint density at radius 1 is 1.03 bits per heavy atom. The second-order valence-corrected chi connectivity index (χ2v) is 10.4. The van der Waals surface area contributed by atoms with E-state index in [9.17, 15) is 13.2 Å². The van der Waals surface area contributed by atoms with E-state index < -0.39 is 15.1 Å². The molecule has 0 fully saturated rings. The Morgan fingerprint density at radius 2 is 1.81 bits per heavy atom. The lowest BCUT2D eigenvalue weighted by atomic mass is 9.91. The van der Waals surface area contributed by atoms with Gasteiger partial charge in [0.2, 0.25) is 5.91 Å². The monoisotopic (exact) mass is 435 g/mol. The van der Waals surface area contributed by atoms with Crippen LogP contribution in [0.5, 0.6) is 0 Å². The van der Waals surface area contributed by atoms with Crippen LogP contribution in [-0.4, -0.2) is 14.3 Å². The van der Waals surface area contributed by atoms with Crippen LogP contribution < -0.4 is 5.32 Å². The normalized spacial score (nSPS) is 16.9. The van der Waals surface area contributed by atoms with Gasteiger partial charge in [-0.1, -0.05) is 48.5 Å². The number of carbonyl (C=O) groups excluding carboxylic acids is 1. The molecule has 0 saturated carbocycles. The fourth-order valence-corrected chi connectivity index (χ4v) is 6.23. The number of anilines is 1. The lowest BCUT2D eigenvalue weighted by Gasteiger charge is -2.26. The zero-order valence-corrected chi connectivity index (χ0v) is 18.7. The van der Waals surface area contributed by atoms with Gasteiger partial charge in [0.15, 0.2) is 9.84 Å². The van der Waals surface area contributed by atoms with Crippen molar-refractivity contribution in [2.75, 3.05) is 5.32 Å². The molecule has 0 bridgehead atoms. The standard InChI is InChI=1S/C26H27NO3S.H2/c1-18-8-6-12-23(16-18)31(29,30)25-13-7-11-21-14-15-22(17-24(21)25)27-26(28)19(2)20-9-4-3-5-10-20;/h3-6,8-10,12,14-17,19,25H,7,11,13H2,1-2H3,(H,27,28);1H/t19-,25?;/m0./s1. The molecule has 1 unspecified atom stereocenters. The second-order valence-electron chi connectivity index (χ2n) is 8.28. The predicted octanol–water partition coefficient (Wildman–Crippen LogP) is 5.83. The molecule has 4 rings (SSSR count). The van der Waals surface area contributed by atoms with Gasteiger partial charge in [-0.25, -0.2) is 8.42 Å². The van der Waals surface area contributed by atoms with Gasteiger partial charge in [-0.05, 0) is 79.6 Å². The highest BCUT2D eigenvalue weighted by Crippen LogP contribution is 2.40. The van der Waals surface area contributed by atoms with Crippen LogP contribution in [0.4, 0.5) is 5.69 Å². The van der Waals surface area contributed by atoms with E-state index in [4.69, 9.17) is 0 Å². The molecular formula is C26H29NO3S. The molecule has 1 N–H and O–H groups in total. The van der Waals surface area contributed by atoms with E-state index in [0.717, 1.165) is 35.1 Å². The lowest BCUT2D eigenvalue weighted by Crippen LogP contribution is -2.21. The molecule has 0 heterocycles. The molecule has 5 heteroatoms. The van der Waals surface area contributed by atoms with Crippen molar-refractivity contribution in [2.24, 2.45) is 0 Å². The molecule has 0 spiro atoms. The van der Waals surface area contributed by atoms with Gasteiger partial charge in [-0.15, -0.1) is 0 Å².